The van der Waals surface area contributed by atoms with Gasteiger partial charge in [0.2, 0.25) is 0 Å². The summed E-state index contributed by atoms with van der Waals surface area (Å²) in [6, 6.07) is 0. The maximum atomic E-state index is 12.8. The van der Waals surface area contributed by atoms with Crippen molar-refractivity contribution in [2.24, 2.45) is 44.8 Å². The number of ether oxygens (including phenoxy) is 1. The molecular weight excluding hydrogens is 452 g/mol. The Morgan fingerprint density at radius 2 is 1.58 bits per heavy atom. The lowest BCUT2D eigenvalue weighted by Crippen LogP contribution is -2.69. The van der Waals surface area contributed by atoms with Crippen molar-refractivity contribution in [2.45, 2.75) is 124 Å². The molecule has 0 amide bonds. The van der Waals surface area contributed by atoms with Crippen molar-refractivity contribution in [2.75, 3.05) is 0 Å². The zero-order valence-corrected chi connectivity index (χ0v) is 23.6. The van der Waals surface area contributed by atoms with Crippen molar-refractivity contribution in [1.29, 1.82) is 0 Å². The summed E-state index contributed by atoms with van der Waals surface area (Å²) in [6.45, 7) is 15.3. The second-order valence-electron chi connectivity index (χ2n) is 15.1. The molecule has 0 aliphatic heterocycles. The van der Waals surface area contributed by atoms with Crippen molar-refractivity contribution < 1.29 is 24.5 Å². The third-order valence-corrected chi connectivity index (χ3v) is 12.8. The Bertz CT molecular complexity index is 995. The van der Waals surface area contributed by atoms with E-state index in [9.17, 15) is 19.8 Å². The second-order valence-corrected chi connectivity index (χ2v) is 15.1. The molecule has 0 spiro atoms. The lowest BCUT2D eigenvalue weighted by atomic mass is 9.35. The van der Waals surface area contributed by atoms with Crippen molar-refractivity contribution in [3.63, 3.8) is 0 Å². The summed E-state index contributed by atoms with van der Waals surface area (Å²) < 4.78 is 6.45. The van der Waals surface area contributed by atoms with E-state index in [2.05, 4.69) is 47.6 Å². The molecular formula is C31H48O5. The first kappa shape index (κ1) is 26.3. The predicted octanol–water partition coefficient (Wildman–Crippen LogP) is 6.53. The number of aliphatic hydroxyl groups is 1. The van der Waals surface area contributed by atoms with Gasteiger partial charge in [-0.05, 0) is 91.8 Å². The van der Waals surface area contributed by atoms with Crippen LogP contribution in [0.3, 0.4) is 0 Å². The summed E-state index contributed by atoms with van der Waals surface area (Å²) in [5, 5.41) is 21.5. The van der Waals surface area contributed by atoms with Crippen LogP contribution in [-0.2, 0) is 14.3 Å². The maximum absolute atomic E-state index is 12.8. The number of carbonyl (C=O) groups is 2. The van der Waals surface area contributed by atoms with E-state index in [1.807, 2.05) is 0 Å². The van der Waals surface area contributed by atoms with Crippen LogP contribution in [0, 0.1) is 44.8 Å². The molecule has 0 aromatic heterocycles. The molecule has 2 N–H and O–H groups in total. The molecule has 0 aromatic carbocycles. The zero-order valence-electron chi connectivity index (χ0n) is 23.6. The number of carboxylic acids is 1. The molecule has 36 heavy (non-hydrogen) atoms. The molecule has 5 nitrogen and oxygen atoms in total. The highest BCUT2D eigenvalue weighted by Gasteiger charge is 2.71. The fourth-order valence-corrected chi connectivity index (χ4v) is 10.4. The van der Waals surface area contributed by atoms with Gasteiger partial charge in [0, 0.05) is 18.8 Å². The molecule has 2 unspecified atom stereocenters. The first-order chi connectivity index (χ1) is 16.6. The largest absolute Gasteiger partial charge is 0.481 e. The van der Waals surface area contributed by atoms with Crippen molar-refractivity contribution >= 4 is 11.9 Å². The topological polar surface area (TPSA) is 83.8 Å². The number of esters is 1. The average molecular weight is 501 g/mol. The van der Waals surface area contributed by atoms with Crippen molar-refractivity contribution in [3.8, 4) is 0 Å². The van der Waals surface area contributed by atoms with Crippen LogP contribution in [0.4, 0.5) is 0 Å². The number of carbonyl (C=O) groups excluding carboxylic acids is 1. The van der Waals surface area contributed by atoms with Gasteiger partial charge in [0.1, 0.15) is 5.60 Å². The highest BCUT2D eigenvalue weighted by molar-refractivity contribution is 5.76. The van der Waals surface area contributed by atoms with Gasteiger partial charge in [0.05, 0.1) is 11.5 Å². The maximum Gasteiger partial charge on any atom is 0.310 e. The third kappa shape index (κ3) is 3.23. The molecule has 4 saturated carbocycles. The van der Waals surface area contributed by atoms with Gasteiger partial charge in [-0.2, -0.15) is 0 Å². The fourth-order valence-electron chi connectivity index (χ4n) is 10.4. The number of carboxylic acid groups (broad SMARTS) is 1. The SMILES string of the molecule is CC(=O)O[C@]12CC[C@@H](O)C(C)(C)C1CC[C@]1(C)C2CC=C2[C@@H]3CC(C)(C)CC[C@]3(C(=O)O)CC[C@]21C. The number of hydrogen-bond donors (Lipinski definition) is 2. The molecule has 5 heteroatoms. The van der Waals surface area contributed by atoms with Crippen LogP contribution < -0.4 is 0 Å². The summed E-state index contributed by atoms with van der Waals surface area (Å²) in [6.07, 6.45) is 10.4. The standard InChI is InChI=1S/C31H48O5/c1-19(32)36-31-13-11-24(33)27(4,5)22(31)10-12-29(7)23(31)9-8-20-21-18-26(2,3)14-16-30(21,25(34)35)17-15-28(20,29)6/h8,21-24,33H,9-18H2,1-7H3,(H,34,35)/t21-,22?,23?,24+,28+,29+,30-,31+/m0/s1. The smallest absolute Gasteiger partial charge is 0.310 e. The Morgan fingerprint density at radius 3 is 2.22 bits per heavy atom. The summed E-state index contributed by atoms with van der Waals surface area (Å²) in [7, 11) is 0. The highest BCUT2D eigenvalue weighted by Crippen LogP contribution is 2.74. The summed E-state index contributed by atoms with van der Waals surface area (Å²) in [4.78, 5) is 25.4. The van der Waals surface area contributed by atoms with Gasteiger partial charge in [0.25, 0.3) is 0 Å². The quantitative estimate of drug-likeness (QED) is 0.333. The molecule has 0 bridgehead atoms. The number of rotatable bonds is 2. The Kier molecular flexibility index (Phi) is 5.71. The predicted molar refractivity (Wildman–Crippen MR) is 139 cm³/mol. The van der Waals surface area contributed by atoms with E-state index in [0.717, 1.165) is 51.4 Å². The van der Waals surface area contributed by atoms with Gasteiger partial charge in [-0.25, -0.2) is 0 Å². The summed E-state index contributed by atoms with van der Waals surface area (Å²) in [5.41, 5.74) is -0.238. The molecule has 8 atom stereocenters. The number of aliphatic carboxylic acids is 1. The minimum absolute atomic E-state index is 0.0716. The fraction of sp³-hybridized carbons (Fsp3) is 0.871. The molecule has 5 rings (SSSR count). The van der Waals surface area contributed by atoms with E-state index in [-0.39, 0.29) is 45.4 Å². The lowest BCUT2D eigenvalue weighted by Gasteiger charge is -2.70. The number of hydrogen-bond acceptors (Lipinski definition) is 4. The molecule has 5 aliphatic rings. The Balaban J connectivity index is 1.64. The molecule has 0 radical (unpaired) electrons. The molecule has 0 heterocycles. The number of allylic oxidation sites excluding steroid dienone is 2. The number of aliphatic hydroxyl groups excluding tert-OH is 1. The Morgan fingerprint density at radius 1 is 0.917 bits per heavy atom. The van der Waals surface area contributed by atoms with Gasteiger partial charge in [-0.1, -0.05) is 53.2 Å². The third-order valence-electron chi connectivity index (χ3n) is 12.8. The first-order valence-corrected chi connectivity index (χ1v) is 14.4. The van der Waals surface area contributed by atoms with E-state index in [4.69, 9.17) is 4.74 Å². The lowest BCUT2D eigenvalue weighted by molar-refractivity contribution is -0.258. The van der Waals surface area contributed by atoms with E-state index in [0.29, 0.717) is 12.8 Å². The second kappa shape index (κ2) is 7.83. The molecule has 202 valence electrons. The van der Waals surface area contributed by atoms with Crippen LogP contribution in [0.5, 0.6) is 0 Å². The van der Waals surface area contributed by atoms with Crippen LogP contribution in [0.25, 0.3) is 0 Å². The van der Waals surface area contributed by atoms with Crippen LogP contribution in [-0.4, -0.2) is 33.9 Å². The van der Waals surface area contributed by atoms with E-state index in [1.54, 1.807) is 0 Å². The van der Waals surface area contributed by atoms with Crippen LogP contribution in [0.15, 0.2) is 11.6 Å². The number of fused-ring (bicyclic) bond motifs is 7. The van der Waals surface area contributed by atoms with E-state index in [1.165, 1.54) is 12.5 Å². The minimum atomic E-state index is -0.647. The average Bonchev–Trinajstić information content (AvgIpc) is 2.76. The van der Waals surface area contributed by atoms with E-state index < -0.39 is 23.1 Å². The summed E-state index contributed by atoms with van der Waals surface area (Å²) in [5.74, 6) is -0.478. The van der Waals surface area contributed by atoms with Crippen LogP contribution >= 0.6 is 0 Å². The van der Waals surface area contributed by atoms with Gasteiger partial charge in [0.15, 0.2) is 0 Å². The summed E-state index contributed by atoms with van der Waals surface area (Å²) >= 11 is 0. The first-order valence-electron chi connectivity index (χ1n) is 14.4. The Hall–Kier alpha value is -1.36. The molecule has 5 aliphatic carbocycles. The highest BCUT2D eigenvalue weighted by atomic mass is 16.6. The molecule has 4 fully saturated rings. The van der Waals surface area contributed by atoms with Crippen LogP contribution in [0.1, 0.15) is 113 Å². The van der Waals surface area contributed by atoms with Gasteiger partial charge in [-0.3, -0.25) is 9.59 Å². The van der Waals surface area contributed by atoms with Crippen molar-refractivity contribution in [1.82, 2.24) is 0 Å². The van der Waals surface area contributed by atoms with Gasteiger partial charge in [-0.15, -0.1) is 0 Å². The monoisotopic (exact) mass is 500 g/mol. The molecule has 0 aromatic rings. The van der Waals surface area contributed by atoms with Crippen LogP contribution in [0.2, 0.25) is 0 Å². The van der Waals surface area contributed by atoms with E-state index >= 15 is 0 Å². The zero-order chi connectivity index (χ0) is 26.5. The normalized spacial score (nSPS) is 48.8. The molecule has 0 saturated heterocycles. The minimum Gasteiger partial charge on any atom is -0.481 e. The van der Waals surface area contributed by atoms with Gasteiger partial charge >= 0.3 is 11.9 Å². The Labute approximate surface area is 217 Å². The van der Waals surface area contributed by atoms with Gasteiger partial charge < -0.3 is 14.9 Å². The van der Waals surface area contributed by atoms with Crippen molar-refractivity contribution in [3.05, 3.63) is 11.6 Å².